The van der Waals surface area contributed by atoms with E-state index in [4.69, 9.17) is 14.2 Å². The van der Waals surface area contributed by atoms with E-state index in [1.54, 1.807) is 4.90 Å². The standard InChI is InChI=1S/C20H40N4O4.HI/c1-6-12-24(19(25)28-20(3,4)5)13-11-23-18(21-7-2)22-10-8-14-27-17-9-15-26-16-17;/h17H,6-16H2,1-5H3,(H2,21,22,23);1H. The maximum atomic E-state index is 12.3. The van der Waals surface area contributed by atoms with E-state index >= 15 is 0 Å². The number of ether oxygens (including phenoxy) is 3. The third kappa shape index (κ3) is 13.9. The molecule has 1 atom stereocenters. The highest BCUT2D eigenvalue weighted by Gasteiger charge is 2.21. The molecule has 1 aliphatic rings. The summed E-state index contributed by atoms with van der Waals surface area (Å²) in [5.41, 5.74) is -0.487. The van der Waals surface area contributed by atoms with Crippen LogP contribution in [0.4, 0.5) is 4.79 Å². The zero-order chi connectivity index (χ0) is 20.8. The normalized spacial score (nSPS) is 16.9. The summed E-state index contributed by atoms with van der Waals surface area (Å²) in [6.45, 7) is 15.3. The highest BCUT2D eigenvalue weighted by Crippen LogP contribution is 2.10. The van der Waals surface area contributed by atoms with E-state index in [2.05, 4.69) is 22.5 Å². The second kappa shape index (κ2) is 16.0. The minimum Gasteiger partial charge on any atom is -0.444 e. The first kappa shape index (κ1) is 28.2. The topological polar surface area (TPSA) is 84.4 Å². The number of amides is 1. The number of halogens is 1. The molecule has 29 heavy (non-hydrogen) atoms. The molecule has 0 saturated carbocycles. The van der Waals surface area contributed by atoms with E-state index in [1.165, 1.54) is 0 Å². The van der Waals surface area contributed by atoms with Crippen molar-refractivity contribution in [2.75, 3.05) is 52.5 Å². The van der Waals surface area contributed by atoms with Crippen LogP contribution in [0, 0.1) is 0 Å². The van der Waals surface area contributed by atoms with Crippen LogP contribution in [0.1, 0.15) is 53.9 Å². The molecule has 0 bridgehead atoms. The fraction of sp³-hybridized carbons (Fsp3) is 0.900. The van der Waals surface area contributed by atoms with Crippen molar-refractivity contribution in [3.05, 3.63) is 0 Å². The molecule has 1 rings (SSSR count). The third-order valence-corrected chi connectivity index (χ3v) is 3.98. The molecule has 8 nitrogen and oxygen atoms in total. The van der Waals surface area contributed by atoms with Crippen molar-refractivity contribution in [1.29, 1.82) is 0 Å². The number of guanidine groups is 1. The molecule has 0 spiro atoms. The number of carbonyl (C=O) groups excluding carboxylic acids is 1. The maximum absolute atomic E-state index is 12.3. The summed E-state index contributed by atoms with van der Waals surface area (Å²) in [7, 11) is 0. The van der Waals surface area contributed by atoms with Gasteiger partial charge in [0.15, 0.2) is 5.96 Å². The van der Waals surface area contributed by atoms with Crippen LogP contribution in [-0.2, 0) is 14.2 Å². The Morgan fingerprint density at radius 1 is 1.24 bits per heavy atom. The summed E-state index contributed by atoms with van der Waals surface area (Å²) in [4.78, 5) is 18.6. The molecule has 0 radical (unpaired) electrons. The number of nitrogens with zero attached hydrogens (tertiary/aromatic N) is 2. The molecule has 0 aromatic heterocycles. The van der Waals surface area contributed by atoms with E-state index in [1.807, 2.05) is 27.7 Å². The van der Waals surface area contributed by atoms with Crippen LogP contribution in [-0.4, -0.2) is 81.2 Å². The van der Waals surface area contributed by atoms with Gasteiger partial charge in [-0.15, -0.1) is 24.0 Å². The molecule has 0 aliphatic carbocycles. The first-order valence-corrected chi connectivity index (χ1v) is 10.5. The maximum Gasteiger partial charge on any atom is 0.410 e. The van der Waals surface area contributed by atoms with Gasteiger partial charge in [0, 0.05) is 45.9 Å². The molecule has 1 aliphatic heterocycles. The summed E-state index contributed by atoms with van der Waals surface area (Å²) >= 11 is 0. The number of hydrogen-bond acceptors (Lipinski definition) is 5. The third-order valence-electron chi connectivity index (χ3n) is 3.98. The van der Waals surface area contributed by atoms with Crippen molar-refractivity contribution in [1.82, 2.24) is 15.5 Å². The number of hydrogen-bond donors (Lipinski definition) is 2. The average Bonchev–Trinajstić information content (AvgIpc) is 3.12. The van der Waals surface area contributed by atoms with E-state index in [9.17, 15) is 4.79 Å². The van der Waals surface area contributed by atoms with Gasteiger partial charge in [-0.25, -0.2) is 4.79 Å². The Balaban J connectivity index is 0.00000784. The highest BCUT2D eigenvalue weighted by molar-refractivity contribution is 14.0. The van der Waals surface area contributed by atoms with Crippen molar-refractivity contribution in [2.45, 2.75) is 65.6 Å². The monoisotopic (exact) mass is 528 g/mol. The summed E-state index contributed by atoms with van der Waals surface area (Å²) in [5, 5.41) is 6.52. The summed E-state index contributed by atoms with van der Waals surface area (Å²) in [6.07, 6.45) is 2.71. The Morgan fingerprint density at radius 3 is 2.59 bits per heavy atom. The fourth-order valence-corrected chi connectivity index (χ4v) is 2.69. The van der Waals surface area contributed by atoms with Gasteiger partial charge in [0.1, 0.15) is 5.60 Å². The predicted octanol–water partition coefficient (Wildman–Crippen LogP) is 3.00. The number of aliphatic imine (C=N–C) groups is 1. The van der Waals surface area contributed by atoms with E-state index < -0.39 is 5.60 Å². The Kier molecular flexibility index (Phi) is 15.5. The summed E-state index contributed by atoms with van der Waals surface area (Å²) in [5.74, 6) is 0.757. The molecular formula is C20H41IN4O4. The Hall–Kier alpha value is -0.810. The van der Waals surface area contributed by atoms with E-state index in [-0.39, 0.29) is 36.2 Å². The predicted molar refractivity (Wildman–Crippen MR) is 127 cm³/mol. The molecule has 1 heterocycles. The molecule has 0 aromatic rings. The number of nitrogens with one attached hydrogen (secondary N) is 2. The van der Waals surface area contributed by atoms with Crippen LogP contribution in [0.5, 0.6) is 0 Å². The Morgan fingerprint density at radius 2 is 2.00 bits per heavy atom. The molecule has 1 unspecified atom stereocenters. The van der Waals surface area contributed by atoms with Crippen LogP contribution in [0.3, 0.4) is 0 Å². The lowest BCUT2D eigenvalue weighted by molar-refractivity contribution is 0.0253. The summed E-state index contributed by atoms with van der Waals surface area (Å²) in [6, 6.07) is 0. The van der Waals surface area contributed by atoms with Gasteiger partial charge in [-0.2, -0.15) is 0 Å². The highest BCUT2D eigenvalue weighted by atomic mass is 127. The van der Waals surface area contributed by atoms with Gasteiger partial charge in [0.25, 0.3) is 0 Å². The fourth-order valence-electron chi connectivity index (χ4n) is 2.69. The van der Waals surface area contributed by atoms with Gasteiger partial charge in [-0.05, 0) is 47.0 Å². The van der Waals surface area contributed by atoms with Crippen LogP contribution >= 0.6 is 24.0 Å². The van der Waals surface area contributed by atoms with Crippen molar-refractivity contribution < 1.29 is 19.0 Å². The van der Waals surface area contributed by atoms with Crippen molar-refractivity contribution >= 4 is 36.0 Å². The zero-order valence-corrected chi connectivity index (χ0v) is 21.1. The van der Waals surface area contributed by atoms with Crippen LogP contribution in [0.25, 0.3) is 0 Å². The van der Waals surface area contributed by atoms with Gasteiger partial charge in [-0.3, -0.25) is 4.99 Å². The van der Waals surface area contributed by atoms with Crippen molar-refractivity contribution in [3.63, 3.8) is 0 Å². The average molecular weight is 528 g/mol. The first-order chi connectivity index (χ1) is 13.4. The van der Waals surface area contributed by atoms with E-state index in [0.29, 0.717) is 39.4 Å². The van der Waals surface area contributed by atoms with Crippen LogP contribution in [0.15, 0.2) is 4.99 Å². The minimum atomic E-state index is -0.487. The molecule has 1 amide bonds. The largest absolute Gasteiger partial charge is 0.444 e. The number of carbonyl (C=O) groups is 1. The van der Waals surface area contributed by atoms with Crippen molar-refractivity contribution in [2.24, 2.45) is 4.99 Å². The van der Waals surface area contributed by atoms with Gasteiger partial charge in [0.2, 0.25) is 0 Å². The smallest absolute Gasteiger partial charge is 0.410 e. The minimum absolute atomic E-state index is 0. The molecule has 2 N–H and O–H groups in total. The molecule has 0 aromatic carbocycles. The second-order valence-electron chi connectivity index (χ2n) is 7.86. The summed E-state index contributed by atoms with van der Waals surface area (Å²) < 4.78 is 16.5. The molecule has 1 saturated heterocycles. The van der Waals surface area contributed by atoms with Crippen LogP contribution in [0.2, 0.25) is 0 Å². The Labute approximate surface area is 193 Å². The SMILES string of the molecule is CCCN(CCNC(=NCCCOC1CCOC1)NCC)C(=O)OC(C)(C)C.I. The van der Waals surface area contributed by atoms with Gasteiger partial charge in [-0.1, -0.05) is 6.92 Å². The molecular weight excluding hydrogens is 487 g/mol. The van der Waals surface area contributed by atoms with Gasteiger partial charge >= 0.3 is 6.09 Å². The van der Waals surface area contributed by atoms with Gasteiger partial charge < -0.3 is 29.7 Å². The lowest BCUT2D eigenvalue weighted by atomic mass is 10.2. The second-order valence-corrected chi connectivity index (χ2v) is 7.86. The number of rotatable bonds is 11. The first-order valence-electron chi connectivity index (χ1n) is 10.5. The zero-order valence-electron chi connectivity index (χ0n) is 18.8. The molecule has 172 valence electrons. The molecule has 1 fully saturated rings. The van der Waals surface area contributed by atoms with Gasteiger partial charge in [0.05, 0.1) is 12.7 Å². The Bertz CT molecular complexity index is 466. The quantitative estimate of drug-likeness (QED) is 0.186. The lowest BCUT2D eigenvalue weighted by Gasteiger charge is -2.27. The lowest BCUT2D eigenvalue weighted by Crippen LogP contribution is -2.44. The van der Waals surface area contributed by atoms with Crippen LogP contribution < -0.4 is 10.6 Å². The van der Waals surface area contributed by atoms with Crippen molar-refractivity contribution in [3.8, 4) is 0 Å². The molecule has 9 heteroatoms. The van der Waals surface area contributed by atoms with E-state index in [0.717, 1.165) is 38.4 Å².